The maximum Gasteiger partial charge on any atom is 0.309 e. The second-order valence-corrected chi connectivity index (χ2v) is 4.10. The van der Waals surface area contributed by atoms with Crippen LogP contribution in [-0.2, 0) is 9.53 Å². The second kappa shape index (κ2) is 4.51. The van der Waals surface area contributed by atoms with Crippen molar-refractivity contribution >= 4 is 11.9 Å². The van der Waals surface area contributed by atoms with Gasteiger partial charge in [0.15, 0.2) is 0 Å². The van der Waals surface area contributed by atoms with Gasteiger partial charge in [0.25, 0.3) is 0 Å². The maximum absolute atomic E-state index is 11.6. The summed E-state index contributed by atoms with van der Waals surface area (Å²) < 4.78 is 4.82. The highest BCUT2D eigenvalue weighted by molar-refractivity contribution is 5.73. The topological polar surface area (TPSA) is 93.9 Å². The molecule has 1 heterocycles. The zero-order valence-electron chi connectivity index (χ0n) is 9.27. The molecule has 1 aromatic heterocycles. The number of aromatic nitrogens is 3. The molecule has 2 unspecified atom stereocenters. The Hall–Kier alpha value is -1.59. The Kier molecular flexibility index (Phi) is 3.07. The number of nitrogens with zero attached hydrogens (tertiary/aromatic N) is 2. The van der Waals surface area contributed by atoms with Crippen LogP contribution < -0.4 is 5.73 Å². The third-order valence-corrected chi connectivity index (χ3v) is 3.14. The number of aromatic amines is 1. The molecule has 0 bridgehead atoms. The number of ether oxygens (including phenoxy) is 1. The van der Waals surface area contributed by atoms with E-state index in [1.165, 1.54) is 7.11 Å². The van der Waals surface area contributed by atoms with Crippen molar-refractivity contribution in [1.82, 2.24) is 15.2 Å². The third kappa shape index (κ3) is 2.00. The average molecular weight is 224 g/mol. The predicted octanol–water partition coefficient (Wildman–Crippen LogP) is 0.834. The van der Waals surface area contributed by atoms with E-state index in [9.17, 15) is 4.79 Å². The predicted molar refractivity (Wildman–Crippen MR) is 57.5 cm³/mol. The van der Waals surface area contributed by atoms with Crippen LogP contribution in [0, 0.1) is 5.92 Å². The first-order valence-corrected chi connectivity index (χ1v) is 5.48. The van der Waals surface area contributed by atoms with Gasteiger partial charge in [-0.25, -0.2) is 0 Å². The maximum atomic E-state index is 11.6. The molecule has 0 amide bonds. The Labute approximate surface area is 93.6 Å². The van der Waals surface area contributed by atoms with Gasteiger partial charge >= 0.3 is 5.97 Å². The summed E-state index contributed by atoms with van der Waals surface area (Å²) in [7, 11) is 1.42. The first-order chi connectivity index (χ1) is 7.72. The van der Waals surface area contributed by atoms with Crippen LogP contribution in [0.3, 0.4) is 0 Å². The highest BCUT2D eigenvalue weighted by atomic mass is 16.5. The molecule has 0 saturated heterocycles. The SMILES string of the molecule is COC(=O)C1CCCCC1c1nc(N)n[nH]1. The fourth-order valence-electron chi connectivity index (χ4n) is 2.35. The molecule has 1 aliphatic rings. The van der Waals surface area contributed by atoms with Gasteiger partial charge in [-0.1, -0.05) is 12.8 Å². The molecule has 1 saturated carbocycles. The summed E-state index contributed by atoms with van der Waals surface area (Å²) in [5.74, 6) is 0.702. The van der Waals surface area contributed by atoms with Crippen molar-refractivity contribution in [3.05, 3.63) is 5.82 Å². The zero-order chi connectivity index (χ0) is 11.5. The quantitative estimate of drug-likeness (QED) is 0.726. The molecule has 1 fully saturated rings. The molecule has 0 spiro atoms. The lowest BCUT2D eigenvalue weighted by Gasteiger charge is -2.27. The third-order valence-electron chi connectivity index (χ3n) is 3.14. The number of hydrogen-bond acceptors (Lipinski definition) is 5. The molecular weight excluding hydrogens is 208 g/mol. The Balaban J connectivity index is 2.19. The van der Waals surface area contributed by atoms with E-state index >= 15 is 0 Å². The molecule has 0 aliphatic heterocycles. The molecule has 6 heteroatoms. The standard InChI is InChI=1S/C10H16N4O2/c1-16-9(15)7-5-3-2-4-6(7)8-12-10(11)14-13-8/h6-7H,2-5H2,1H3,(H3,11,12,13,14). The fraction of sp³-hybridized carbons (Fsp3) is 0.700. The van der Waals surface area contributed by atoms with Crippen LogP contribution in [-0.4, -0.2) is 28.3 Å². The smallest absolute Gasteiger partial charge is 0.309 e. The average Bonchev–Trinajstić information content (AvgIpc) is 2.75. The number of methoxy groups -OCH3 is 1. The first kappa shape index (κ1) is 10.9. The summed E-state index contributed by atoms with van der Waals surface area (Å²) in [6.45, 7) is 0. The van der Waals surface area contributed by atoms with E-state index in [0.717, 1.165) is 25.7 Å². The minimum absolute atomic E-state index is 0.0611. The number of esters is 1. The number of hydrogen-bond donors (Lipinski definition) is 2. The van der Waals surface area contributed by atoms with Crippen molar-refractivity contribution in [3.8, 4) is 0 Å². The van der Waals surface area contributed by atoms with Crippen molar-refractivity contribution in [3.63, 3.8) is 0 Å². The van der Waals surface area contributed by atoms with E-state index in [1.807, 2.05) is 0 Å². The number of nitrogen functional groups attached to an aromatic ring is 1. The van der Waals surface area contributed by atoms with E-state index in [4.69, 9.17) is 10.5 Å². The van der Waals surface area contributed by atoms with Crippen LogP contribution in [0.25, 0.3) is 0 Å². The van der Waals surface area contributed by atoms with Gasteiger partial charge in [0.2, 0.25) is 5.95 Å². The summed E-state index contributed by atoms with van der Waals surface area (Å²) in [6, 6.07) is 0. The van der Waals surface area contributed by atoms with Gasteiger partial charge in [-0.15, -0.1) is 5.10 Å². The number of H-pyrrole nitrogens is 1. The molecule has 16 heavy (non-hydrogen) atoms. The Morgan fingerprint density at radius 3 is 2.88 bits per heavy atom. The largest absolute Gasteiger partial charge is 0.469 e. The lowest BCUT2D eigenvalue weighted by molar-refractivity contribution is -0.147. The second-order valence-electron chi connectivity index (χ2n) is 4.10. The molecule has 2 rings (SSSR count). The Morgan fingerprint density at radius 1 is 1.50 bits per heavy atom. The van der Waals surface area contributed by atoms with E-state index in [-0.39, 0.29) is 23.8 Å². The number of nitrogens with one attached hydrogen (secondary N) is 1. The van der Waals surface area contributed by atoms with Crippen LogP contribution in [0.4, 0.5) is 5.95 Å². The minimum atomic E-state index is -0.167. The summed E-state index contributed by atoms with van der Waals surface area (Å²) in [4.78, 5) is 15.7. The number of rotatable bonds is 2. The first-order valence-electron chi connectivity index (χ1n) is 5.48. The summed E-state index contributed by atoms with van der Waals surface area (Å²) >= 11 is 0. The van der Waals surface area contributed by atoms with Crippen LogP contribution >= 0.6 is 0 Å². The van der Waals surface area contributed by atoms with E-state index < -0.39 is 0 Å². The van der Waals surface area contributed by atoms with Gasteiger partial charge in [0, 0.05) is 5.92 Å². The molecule has 0 aromatic carbocycles. The van der Waals surface area contributed by atoms with Gasteiger partial charge in [-0.3, -0.25) is 9.89 Å². The Bertz CT molecular complexity index is 377. The molecule has 3 N–H and O–H groups in total. The van der Waals surface area contributed by atoms with Crippen molar-refractivity contribution in [2.24, 2.45) is 5.92 Å². The van der Waals surface area contributed by atoms with Crippen molar-refractivity contribution in [2.75, 3.05) is 12.8 Å². The van der Waals surface area contributed by atoms with Crippen LogP contribution in [0.15, 0.2) is 0 Å². The van der Waals surface area contributed by atoms with E-state index in [1.54, 1.807) is 0 Å². The van der Waals surface area contributed by atoms with Crippen molar-refractivity contribution < 1.29 is 9.53 Å². The van der Waals surface area contributed by atoms with Crippen LogP contribution in [0.2, 0.25) is 0 Å². The zero-order valence-corrected chi connectivity index (χ0v) is 9.27. The lowest BCUT2D eigenvalue weighted by atomic mass is 9.79. The molecule has 2 atom stereocenters. The molecule has 1 aromatic rings. The van der Waals surface area contributed by atoms with Gasteiger partial charge in [0.1, 0.15) is 5.82 Å². The number of nitrogens with two attached hydrogens (primary N) is 1. The number of anilines is 1. The molecule has 1 aliphatic carbocycles. The van der Waals surface area contributed by atoms with Crippen LogP contribution in [0.1, 0.15) is 37.4 Å². The highest BCUT2D eigenvalue weighted by Gasteiger charge is 2.34. The van der Waals surface area contributed by atoms with E-state index in [0.29, 0.717) is 5.82 Å². The molecular formula is C10H16N4O2. The van der Waals surface area contributed by atoms with Crippen LogP contribution in [0.5, 0.6) is 0 Å². The Morgan fingerprint density at radius 2 is 2.25 bits per heavy atom. The summed E-state index contributed by atoms with van der Waals surface area (Å²) in [5, 5.41) is 6.59. The van der Waals surface area contributed by atoms with Gasteiger partial charge < -0.3 is 10.5 Å². The normalized spacial score (nSPS) is 25.3. The number of carbonyl (C=O) groups is 1. The molecule has 88 valence electrons. The fourth-order valence-corrected chi connectivity index (χ4v) is 2.35. The van der Waals surface area contributed by atoms with Gasteiger partial charge in [-0.05, 0) is 12.8 Å². The monoisotopic (exact) mass is 224 g/mol. The van der Waals surface area contributed by atoms with Crippen molar-refractivity contribution in [1.29, 1.82) is 0 Å². The summed E-state index contributed by atoms with van der Waals surface area (Å²) in [5.41, 5.74) is 5.47. The van der Waals surface area contributed by atoms with E-state index in [2.05, 4.69) is 15.2 Å². The molecule has 6 nitrogen and oxygen atoms in total. The lowest BCUT2D eigenvalue weighted by Crippen LogP contribution is -2.27. The van der Waals surface area contributed by atoms with Crippen molar-refractivity contribution in [2.45, 2.75) is 31.6 Å². The van der Waals surface area contributed by atoms with Gasteiger partial charge in [-0.2, -0.15) is 4.98 Å². The summed E-state index contributed by atoms with van der Waals surface area (Å²) in [6.07, 6.45) is 3.92. The minimum Gasteiger partial charge on any atom is -0.469 e. The van der Waals surface area contributed by atoms with Gasteiger partial charge in [0.05, 0.1) is 13.0 Å². The highest BCUT2D eigenvalue weighted by Crippen LogP contribution is 2.36. The molecule has 0 radical (unpaired) electrons. The number of carbonyl (C=O) groups excluding carboxylic acids is 1.